The van der Waals surface area contributed by atoms with E-state index in [9.17, 15) is 0 Å². The van der Waals surface area contributed by atoms with E-state index in [0.717, 1.165) is 0 Å². The van der Waals surface area contributed by atoms with Gasteiger partial charge >= 0.3 is 0 Å². The molecule has 47 valence electrons. The van der Waals surface area contributed by atoms with E-state index in [-0.39, 0.29) is 22.5 Å². The molecule has 5 heteroatoms. The summed E-state index contributed by atoms with van der Waals surface area (Å²) in [4.78, 5) is 0. The van der Waals surface area contributed by atoms with Crippen molar-refractivity contribution in [3.8, 4) is 0 Å². The molecule has 0 amide bonds. The van der Waals surface area contributed by atoms with Crippen molar-refractivity contribution in [2.45, 2.75) is 0 Å². The van der Waals surface area contributed by atoms with Gasteiger partial charge in [0.1, 0.15) is 0 Å². The number of hydrogen-bond donors (Lipinski definition) is 0. The topological polar surface area (TPSA) is 9.23 Å². The maximum Gasteiger partial charge on any atom is 0.0351 e. The second-order valence-corrected chi connectivity index (χ2v) is 0.408. The van der Waals surface area contributed by atoms with Crippen LogP contribution in [-0.2, 0) is 4.74 Å². The third-order valence-electron chi connectivity index (χ3n) is 0. The van der Waals surface area contributed by atoms with Gasteiger partial charge in [0, 0.05) is 22.6 Å². The predicted molar refractivity (Wildman–Crippen MR) is 26.2 cm³/mol. The van der Waals surface area contributed by atoms with E-state index in [1.165, 1.54) is 0 Å². The first-order valence-electron chi connectivity index (χ1n) is 0.816. The summed E-state index contributed by atoms with van der Waals surface area (Å²) in [5.41, 5.74) is 0. The van der Waals surface area contributed by atoms with Crippen LogP contribution in [0, 0.1) is 0 Å². The summed E-state index contributed by atoms with van der Waals surface area (Å²) in [5.74, 6) is 0. The Balaban J connectivity index is -0.00000000333. The van der Waals surface area contributed by atoms with Crippen molar-refractivity contribution in [3.63, 3.8) is 0 Å². The van der Waals surface area contributed by atoms with Gasteiger partial charge in [-0.3, -0.25) is 14.1 Å². The van der Waals surface area contributed by atoms with Gasteiger partial charge in [-0.1, -0.05) is 0 Å². The first kappa shape index (κ1) is 70.0. The molecule has 0 spiro atoms. The van der Waals surface area contributed by atoms with Crippen molar-refractivity contribution >= 4 is 8.41 Å². The third kappa shape index (κ3) is 2470. The number of halogens is 3. The molecule has 0 rings (SSSR count). The largest absolute Gasteiger partial charge is 0.388 e. The van der Waals surface area contributed by atoms with Crippen LogP contribution in [0.3, 0.4) is 0 Å². The molecule has 0 heterocycles. The van der Waals surface area contributed by atoms with E-state index in [4.69, 9.17) is 0 Å². The Morgan fingerprint density at radius 3 is 0.857 bits per heavy atom. The van der Waals surface area contributed by atoms with Gasteiger partial charge in [-0.2, -0.15) is 0 Å². The van der Waals surface area contributed by atoms with Crippen LogP contribution in [0.15, 0.2) is 0 Å². The van der Waals surface area contributed by atoms with Crippen LogP contribution in [0.5, 0.6) is 0 Å². The molecular formula is C2H9BF3O. The van der Waals surface area contributed by atoms with Crippen molar-refractivity contribution in [1.29, 1.82) is 0 Å². The summed E-state index contributed by atoms with van der Waals surface area (Å²) in [5, 5.41) is 0. The Kier molecular flexibility index (Phi) is 2030. The smallest absolute Gasteiger partial charge is 0.0351 e. The summed E-state index contributed by atoms with van der Waals surface area (Å²) in [6.07, 6.45) is 0. The monoisotopic (exact) mass is 117 g/mol. The number of methoxy groups -OCH3 is 1. The molecule has 0 saturated carbocycles. The van der Waals surface area contributed by atoms with Crippen LogP contribution in [0.1, 0.15) is 0 Å². The molecule has 0 unspecified atom stereocenters. The summed E-state index contributed by atoms with van der Waals surface area (Å²) < 4.78 is 4.25. The summed E-state index contributed by atoms with van der Waals surface area (Å²) in [7, 11) is 3.25. The molecule has 0 bridgehead atoms. The number of hydrogen-bond acceptors (Lipinski definition) is 1. The van der Waals surface area contributed by atoms with E-state index in [1.807, 2.05) is 0 Å². The maximum absolute atomic E-state index is 4.25. The van der Waals surface area contributed by atoms with Gasteiger partial charge in [0.2, 0.25) is 0 Å². The highest BCUT2D eigenvalue weighted by Gasteiger charge is 1.25. The minimum Gasteiger partial charge on any atom is -0.388 e. The van der Waals surface area contributed by atoms with Crippen LogP contribution in [-0.4, -0.2) is 22.6 Å². The standard InChI is InChI=1S/C2H6O.B.3FH/c1-3-2;;;;/h1-2H3;;3*1H. The number of rotatable bonds is 0. The van der Waals surface area contributed by atoms with Crippen LogP contribution >= 0.6 is 0 Å². The van der Waals surface area contributed by atoms with Gasteiger partial charge in [0.25, 0.3) is 0 Å². The average Bonchev–Trinajstić information content (AvgIpc) is 0.918. The van der Waals surface area contributed by atoms with Gasteiger partial charge in [-0.05, 0) is 0 Å². The molecular weight excluding hydrogens is 108 g/mol. The normalized spacial score (nSPS) is 2.57. The lowest BCUT2D eigenvalue weighted by atomic mass is 10.8. The highest BCUT2D eigenvalue weighted by Crippen LogP contribution is 1.28. The third-order valence-corrected chi connectivity index (χ3v) is 0. The maximum atomic E-state index is 4.25. The van der Waals surface area contributed by atoms with Crippen LogP contribution in [0.2, 0.25) is 0 Å². The predicted octanol–water partition coefficient (Wildman–Crippen LogP) is 0.339. The van der Waals surface area contributed by atoms with Gasteiger partial charge in [0.05, 0.1) is 0 Å². The SMILES string of the molecule is COC.F.F.F.[B]. The van der Waals surface area contributed by atoms with E-state index < -0.39 is 0 Å². The zero-order valence-corrected chi connectivity index (χ0v) is 4.21. The highest BCUT2D eigenvalue weighted by molar-refractivity contribution is 5.75. The summed E-state index contributed by atoms with van der Waals surface area (Å²) in [6, 6.07) is 0. The molecule has 0 aliphatic heterocycles. The Morgan fingerprint density at radius 2 is 0.857 bits per heavy atom. The minimum atomic E-state index is 0. The summed E-state index contributed by atoms with van der Waals surface area (Å²) >= 11 is 0. The van der Waals surface area contributed by atoms with Crippen molar-refractivity contribution < 1.29 is 18.9 Å². The van der Waals surface area contributed by atoms with Gasteiger partial charge < -0.3 is 4.74 Å². The van der Waals surface area contributed by atoms with Crippen molar-refractivity contribution in [3.05, 3.63) is 0 Å². The summed E-state index contributed by atoms with van der Waals surface area (Å²) in [6.45, 7) is 0. The zero-order valence-electron chi connectivity index (χ0n) is 4.21. The van der Waals surface area contributed by atoms with E-state index >= 15 is 0 Å². The first-order chi connectivity index (χ1) is 1.41. The minimum absolute atomic E-state index is 0. The molecule has 0 N–H and O–H groups in total. The number of ether oxygens (including phenoxy) is 1. The second kappa shape index (κ2) is 203. The van der Waals surface area contributed by atoms with E-state index in [1.54, 1.807) is 14.2 Å². The van der Waals surface area contributed by atoms with Gasteiger partial charge in [0.15, 0.2) is 0 Å². The molecule has 0 aliphatic carbocycles. The molecule has 0 atom stereocenters. The molecule has 0 aliphatic rings. The van der Waals surface area contributed by atoms with Crippen molar-refractivity contribution in [1.82, 2.24) is 0 Å². The van der Waals surface area contributed by atoms with E-state index in [2.05, 4.69) is 4.74 Å². The van der Waals surface area contributed by atoms with Gasteiger partial charge in [-0.15, -0.1) is 0 Å². The average molecular weight is 117 g/mol. The van der Waals surface area contributed by atoms with Crippen LogP contribution in [0.4, 0.5) is 14.1 Å². The Bertz CT molecular complexity index is 12.9. The lowest BCUT2D eigenvalue weighted by Crippen LogP contribution is -1.55. The van der Waals surface area contributed by atoms with Crippen LogP contribution < -0.4 is 0 Å². The lowest BCUT2D eigenvalue weighted by molar-refractivity contribution is 0.277. The van der Waals surface area contributed by atoms with Gasteiger partial charge in [-0.25, -0.2) is 0 Å². The Labute approximate surface area is 42.7 Å². The molecule has 7 heavy (non-hydrogen) atoms. The van der Waals surface area contributed by atoms with Crippen molar-refractivity contribution in [2.24, 2.45) is 0 Å². The quantitative estimate of drug-likeness (QED) is 0.415. The molecule has 0 aromatic rings. The molecule has 0 saturated heterocycles. The van der Waals surface area contributed by atoms with Crippen molar-refractivity contribution in [2.75, 3.05) is 14.2 Å². The Morgan fingerprint density at radius 1 is 0.857 bits per heavy atom. The fourth-order valence-corrected chi connectivity index (χ4v) is 0. The molecule has 0 aromatic heterocycles. The molecule has 3 radical (unpaired) electrons. The molecule has 0 fully saturated rings. The second-order valence-electron chi connectivity index (χ2n) is 0.408. The van der Waals surface area contributed by atoms with E-state index in [0.29, 0.717) is 0 Å². The van der Waals surface area contributed by atoms with Crippen LogP contribution in [0.25, 0.3) is 0 Å². The highest BCUT2D eigenvalue weighted by atomic mass is 19.0. The first-order valence-corrected chi connectivity index (χ1v) is 0.816. The zero-order chi connectivity index (χ0) is 2.71. The molecule has 1 nitrogen and oxygen atoms in total. The fraction of sp³-hybridized carbons (Fsp3) is 1.00. The Hall–Kier alpha value is -0.185. The fourth-order valence-electron chi connectivity index (χ4n) is 0. The lowest BCUT2D eigenvalue weighted by Gasteiger charge is -1.61. The molecule has 0 aromatic carbocycles.